The Kier molecular flexibility index (Phi) is 6.52. The van der Waals surface area contributed by atoms with E-state index in [1.54, 1.807) is 0 Å². The van der Waals surface area contributed by atoms with E-state index in [4.69, 9.17) is 9.46 Å². The Labute approximate surface area is 93.5 Å². The quantitative estimate of drug-likeness (QED) is 0.291. The zero-order valence-electron chi connectivity index (χ0n) is 10.3. The molecule has 0 saturated heterocycles. The van der Waals surface area contributed by atoms with Crippen molar-refractivity contribution in [2.75, 3.05) is 0 Å². The van der Waals surface area contributed by atoms with Gasteiger partial charge in [-0.15, -0.1) is 0 Å². The minimum absolute atomic E-state index is 0.426. The van der Waals surface area contributed by atoms with Gasteiger partial charge in [0.15, 0.2) is 0 Å². The maximum atomic E-state index is 11.3. The maximum Gasteiger partial charge on any atom is 0.367 e. The van der Waals surface area contributed by atoms with Crippen LogP contribution in [0.1, 0.15) is 34.1 Å². The molecule has 0 aromatic rings. The van der Waals surface area contributed by atoms with Gasteiger partial charge in [-0.3, -0.25) is 0 Å². The van der Waals surface area contributed by atoms with Crippen LogP contribution in [0.25, 0.3) is 0 Å². The fraction of sp³-hybridized carbons (Fsp3) is 0.727. The lowest BCUT2D eigenvalue weighted by atomic mass is 10.2. The number of carbonyl (C=O) groups is 1. The molecular weight excluding hydrogens is 208 g/mol. The van der Waals surface area contributed by atoms with Crippen LogP contribution in [0, 0.1) is 0 Å². The van der Waals surface area contributed by atoms with Crippen molar-refractivity contribution in [3.63, 3.8) is 0 Å². The van der Waals surface area contributed by atoms with Gasteiger partial charge in [0.2, 0.25) is 0 Å². The van der Waals surface area contributed by atoms with E-state index in [2.05, 4.69) is 27.4 Å². The minimum atomic E-state index is -1.82. The third-order valence-electron chi connectivity index (χ3n) is 2.94. The second-order valence-corrected chi connectivity index (χ2v) is 8.31. The smallest absolute Gasteiger partial charge is 0.305 e. The van der Waals surface area contributed by atoms with Crippen molar-refractivity contribution in [2.45, 2.75) is 52.2 Å². The predicted molar refractivity (Wildman–Crippen MR) is 63.8 cm³/mol. The fourth-order valence-corrected chi connectivity index (χ4v) is 3.36. The van der Waals surface area contributed by atoms with Gasteiger partial charge in [0.25, 0.3) is 8.32 Å². The van der Waals surface area contributed by atoms with E-state index >= 15 is 0 Å². The summed E-state index contributed by atoms with van der Waals surface area (Å²) in [4.78, 5) is 16.2. The Hall–Kier alpha value is -0.613. The minimum Gasteiger partial charge on any atom is -0.305 e. The zero-order valence-corrected chi connectivity index (χ0v) is 11.3. The van der Waals surface area contributed by atoms with Crippen LogP contribution < -0.4 is 0 Å². The summed E-state index contributed by atoms with van der Waals surface area (Å²) in [6.07, 6.45) is 0.598. The number of carbonyl (C=O) groups excluding carboxylic acids is 1. The molecule has 0 heterocycles. The van der Waals surface area contributed by atoms with E-state index in [0.717, 1.165) is 18.1 Å². The van der Waals surface area contributed by atoms with Gasteiger partial charge >= 0.3 is 5.97 Å². The molecule has 3 nitrogen and oxygen atoms in total. The van der Waals surface area contributed by atoms with Gasteiger partial charge in [0, 0.05) is 5.57 Å². The lowest BCUT2D eigenvalue weighted by Crippen LogP contribution is -2.36. The van der Waals surface area contributed by atoms with Crippen molar-refractivity contribution in [1.29, 1.82) is 0 Å². The van der Waals surface area contributed by atoms with Crippen LogP contribution in [0.4, 0.5) is 0 Å². The normalized spacial score (nSPS) is 11.2. The van der Waals surface area contributed by atoms with Gasteiger partial charge in [-0.2, -0.15) is 0 Å². The van der Waals surface area contributed by atoms with Crippen LogP contribution in [0.3, 0.4) is 0 Å². The van der Waals surface area contributed by atoms with Crippen molar-refractivity contribution >= 4 is 14.3 Å². The van der Waals surface area contributed by atoms with Crippen molar-refractivity contribution in [1.82, 2.24) is 0 Å². The van der Waals surface area contributed by atoms with Crippen LogP contribution >= 0.6 is 0 Å². The fourth-order valence-electron chi connectivity index (χ4n) is 1.26. The van der Waals surface area contributed by atoms with E-state index in [1.807, 2.05) is 6.92 Å². The molecule has 0 amide bonds. The Morgan fingerprint density at radius 1 is 1.13 bits per heavy atom. The largest absolute Gasteiger partial charge is 0.367 e. The number of hydrogen-bond donors (Lipinski definition) is 0. The average Bonchev–Trinajstić information content (AvgIpc) is 2.30. The molecule has 0 N–H and O–H groups in total. The van der Waals surface area contributed by atoms with Crippen molar-refractivity contribution in [3.05, 3.63) is 12.2 Å². The van der Waals surface area contributed by atoms with Crippen molar-refractivity contribution in [3.8, 4) is 0 Å². The summed E-state index contributed by atoms with van der Waals surface area (Å²) in [5, 5.41) is 0. The molecule has 15 heavy (non-hydrogen) atoms. The maximum absolute atomic E-state index is 11.3. The monoisotopic (exact) mass is 230 g/mol. The van der Waals surface area contributed by atoms with Crippen LogP contribution in [0.5, 0.6) is 0 Å². The molecular formula is C11H22O3Si. The summed E-state index contributed by atoms with van der Waals surface area (Å²) in [7, 11) is -1.82. The summed E-state index contributed by atoms with van der Waals surface area (Å²) in [5.41, 5.74) is 0.459. The highest BCUT2D eigenvalue weighted by Crippen LogP contribution is 2.22. The molecule has 88 valence electrons. The topological polar surface area (TPSA) is 35.5 Å². The SMILES string of the molecule is C=C(CC)C(=O)OO[Si](CC)(CC)CC. The molecule has 0 aliphatic rings. The van der Waals surface area contributed by atoms with Crippen LogP contribution in [0.2, 0.25) is 18.1 Å². The third-order valence-corrected chi connectivity index (χ3v) is 7.25. The van der Waals surface area contributed by atoms with Gasteiger partial charge in [-0.05, 0) is 24.6 Å². The highest BCUT2D eigenvalue weighted by Gasteiger charge is 2.32. The van der Waals surface area contributed by atoms with E-state index < -0.39 is 14.3 Å². The highest BCUT2D eigenvalue weighted by molar-refractivity contribution is 6.73. The first-order valence-electron chi connectivity index (χ1n) is 5.63. The summed E-state index contributed by atoms with van der Waals surface area (Å²) < 4.78 is 5.39. The Bertz CT molecular complexity index is 214. The van der Waals surface area contributed by atoms with Gasteiger partial charge < -0.3 is 4.89 Å². The summed E-state index contributed by atoms with van der Waals surface area (Å²) in [6, 6.07) is 2.89. The molecule has 0 rings (SSSR count). The molecule has 0 unspecified atom stereocenters. The van der Waals surface area contributed by atoms with E-state index in [0.29, 0.717) is 12.0 Å². The Morgan fingerprint density at radius 2 is 1.60 bits per heavy atom. The third kappa shape index (κ3) is 4.18. The number of hydrogen-bond acceptors (Lipinski definition) is 3. The lowest BCUT2D eigenvalue weighted by molar-refractivity contribution is -0.216. The van der Waals surface area contributed by atoms with E-state index in [9.17, 15) is 4.79 Å². The first-order valence-corrected chi connectivity index (χ1v) is 8.15. The van der Waals surface area contributed by atoms with Gasteiger partial charge in [0.1, 0.15) is 0 Å². The standard InChI is InChI=1S/C11H22O3Si/c1-6-10(5)11(12)13-14-15(7-2,8-3)9-4/h5-9H2,1-4H3. The Balaban J connectivity index is 4.22. The summed E-state index contributed by atoms with van der Waals surface area (Å²) in [6.45, 7) is 11.7. The molecule has 0 aliphatic carbocycles. The molecule has 0 aromatic heterocycles. The molecule has 0 saturated carbocycles. The first-order chi connectivity index (χ1) is 7.05. The molecule has 0 spiro atoms. The molecule has 0 aliphatic heterocycles. The van der Waals surface area contributed by atoms with Crippen LogP contribution in [-0.4, -0.2) is 14.3 Å². The molecule has 0 bridgehead atoms. The second kappa shape index (κ2) is 6.79. The second-order valence-electron chi connectivity index (χ2n) is 3.65. The predicted octanol–water partition coefficient (Wildman–Crippen LogP) is 3.43. The summed E-state index contributed by atoms with van der Waals surface area (Å²) in [5.74, 6) is -0.426. The first kappa shape index (κ1) is 14.4. The molecule has 0 atom stereocenters. The summed E-state index contributed by atoms with van der Waals surface area (Å²) >= 11 is 0. The number of rotatable bonds is 7. The van der Waals surface area contributed by atoms with Crippen molar-refractivity contribution < 1.29 is 14.3 Å². The van der Waals surface area contributed by atoms with Crippen molar-refractivity contribution in [2.24, 2.45) is 0 Å². The van der Waals surface area contributed by atoms with E-state index in [-0.39, 0.29) is 0 Å². The lowest BCUT2D eigenvalue weighted by Gasteiger charge is -2.24. The van der Waals surface area contributed by atoms with E-state index in [1.165, 1.54) is 0 Å². The average molecular weight is 230 g/mol. The molecule has 0 radical (unpaired) electrons. The Morgan fingerprint density at radius 3 is 1.93 bits per heavy atom. The van der Waals surface area contributed by atoms with Gasteiger partial charge in [-0.1, -0.05) is 34.3 Å². The molecule has 4 heteroatoms. The molecule has 0 aromatic carbocycles. The van der Waals surface area contributed by atoms with Gasteiger partial charge in [0.05, 0.1) is 0 Å². The van der Waals surface area contributed by atoms with Crippen LogP contribution in [-0.2, 0) is 14.3 Å². The zero-order chi connectivity index (χ0) is 11.9. The van der Waals surface area contributed by atoms with Crippen LogP contribution in [0.15, 0.2) is 12.2 Å². The highest BCUT2D eigenvalue weighted by atomic mass is 28.4. The van der Waals surface area contributed by atoms with Gasteiger partial charge in [-0.25, -0.2) is 9.37 Å². The molecule has 0 fully saturated rings.